The van der Waals surface area contributed by atoms with Crippen LogP contribution in [0.1, 0.15) is 36.5 Å². The Morgan fingerprint density at radius 2 is 2.29 bits per heavy atom. The normalized spacial score (nSPS) is 12.7. The van der Waals surface area contributed by atoms with Crippen LogP contribution in [0, 0.1) is 0 Å². The summed E-state index contributed by atoms with van der Waals surface area (Å²) in [7, 11) is 0. The van der Waals surface area contributed by atoms with E-state index in [0.29, 0.717) is 24.0 Å². The summed E-state index contributed by atoms with van der Waals surface area (Å²) in [5.41, 5.74) is 1.04. The van der Waals surface area contributed by atoms with Gasteiger partial charge in [-0.25, -0.2) is 4.98 Å². The van der Waals surface area contributed by atoms with Gasteiger partial charge in [0, 0.05) is 11.4 Å². The molecule has 21 heavy (non-hydrogen) atoms. The van der Waals surface area contributed by atoms with Gasteiger partial charge in [0.1, 0.15) is 0 Å². The van der Waals surface area contributed by atoms with Crippen LogP contribution in [-0.2, 0) is 13.0 Å². The standard InChI is InChI=1S/C14H16N4O2S/c1-3-13-16-10(8-21-13)9(2)15-7-12-17-14(18-20-12)11-5-4-6-19-11/h4-6,8-9,15H,3,7H2,1-2H3/t9-/m1/s1. The molecule has 0 unspecified atom stereocenters. The summed E-state index contributed by atoms with van der Waals surface area (Å²) in [5, 5.41) is 10.5. The smallest absolute Gasteiger partial charge is 0.241 e. The van der Waals surface area contributed by atoms with E-state index in [0.717, 1.165) is 17.1 Å². The minimum absolute atomic E-state index is 0.139. The van der Waals surface area contributed by atoms with Gasteiger partial charge in [-0.3, -0.25) is 0 Å². The number of nitrogens with zero attached hydrogens (tertiary/aromatic N) is 3. The lowest BCUT2D eigenvalue weighted by atomic mass is 10.2. The molecule has 7 heteroatoms. The monoisotopic (exact) mass is 304 g/mol. The van der Waals surface area contributed by atoms with Crippen LogP contribution in [0.2, 0.25) is 0 Å². The highest BCUT2D eigenvalue weighted by Crippen LogP contribution is 2.18. The Balaban J connectivity index is 1.60. The second-order valence-electron chi connectivity index (χ2n) is 4.61. The third kappa shape index (κ3) is 3.20. The number of furan rings is 1. The molecule has 6 nitrogen and oxygen atoms in total. The summed E-state index contributed by atoms with van der Waals surface area (Å²) in [6.45, 7) is 4.67. The summed E-state index contributed by atoms with van der Waals surface area (Å²) >= 11 is 1.69. The first kappa shape index (κ1) is 14.0. The molecule has 0 aliphatic heterocycles. The fourth-order valence-corrected chi connectivity index (χ4v) is 2.70. The van der Waals surface area contributed by atoms with Crippen LogP contribution in [0.25, 0.3) is 11.6 Å². The van der Waals surface area contributed by atoms with Gasteiger partial charge >= 0.3 is 0 Å². The Kier molecular flexibility index (Phi) is 4.12. The van der Waals surface area contributed by atoms with Crippen molar-refractivity contribution in [3.63, 3.8) is 0 Å². The maximum absolute atomic E-state index is 5.23. The van der Waals surface area contributed by atoms with E-state index in [1.807, 2.05) is 0 Å². The number of aryl methyl sites for hydroxylation is 1. The fraction of sp³-hybridized carbons (Fsp3) is 0.357. The Morgan fingerprint density at radius 3 is 3.00 bits per heavy atom. The van der Waals surface area contributed by atoms with Crippen molar-refractivity contribution in [1.82, 2.24) is 20.4 Å². The highest BCUT2D eigenvalue weighted by molar-refractivity contribution is 7.09. The van der Waals surface area contributed by atoms with Crippen LogP contribution in [-0.4, -0.2) is 15.1 Å². The molecule has 0 saturated carbocycles. The van der Waals surface area contributed by atoms with Crippen LogP contribution in [0.4, 0.5) is 0 Å². The average molecular weight is 304 g/mol. The van der Waals surface area contributed by atoms with Crippen molar-refractivity contribution in [3.8, 4) is 11.6 Å². The molecule has 110 valence electrons. The highest BCUT2D eigenvalue weighted by Gasteiger charge is 2.13. The highest BCUT2D eigenvalue weighted by atomic mass is 32.1. The van der Waals surface area contributed by atoms with E-state index >= 15 is 0 Å². The lowest BCUT2D eigenvalue weighted by Gasteiger charge is -2.08. The largest absolute Gasteiger partial charge is 0.461 e. The molecule has 0 aromatic carbocycles. The molecule has 1 atom stereocenters. The first-order chi connectivity index (χ1) is 10.3. The molecule has 0 aliphatic rings. The van der Waals surface area contributed by atoms with Crippen LogP contribution >= 0.6 is 11.3 Å². The predicted molar refractivity (Wildman–Crippen MR) is 78.7 cm³/mol. The van der Waals surface area contributed by atoms with Gasteiger partial charge in [0.15, 0.2) is 5.76 Å². The SMILES string of the molecule is CCc1nc([C@@H](C)NCc2nc(-c3ccco3)no2)cs1. The van der Waals surface area contributed by atoms with Crippen molar-refractivity contribution in [3.05, 3.63) is 40.4 Å². The third-order valence-corrected chi connectivity index (χ3v) is 4.10. The molecule has 1 N–H and O–H groups in total. The minimum Gasteiger partial charge on any atom is -0.461 e. The molecule has 3 rings (SSSR count). The van der Waals surface area contributed by atoms with Crippen molar-refractivity contribution in [1.29, 1.82) is 0 Å². The van der Waals surface area contributed by atoms with Gasteiger partial charge in [-0.1, -0.05) is 12.1 Å². The van der Waals surface area contributed by atoms with E-state index in [4.69, 9.17) is 8.94 Å². The molecular weight excluding hydrogens is 288 g/mol. The summed E-state index contributed by atoms with van der Waals surface area (Å²) in [6.07, 6.45) is 2.55. The number of aromatic nitrogens is 3. The summed E-state index contributed by atoms with van der Waals surface area (Å²) in [6, 6.07) is 3.73. The van der Waals surface area contributed by atoms with E-state index in [-0.39, 0.29) is 6.04 Å². The van der Waals surface area contributed by atoms with Crippen LogP contribution < -0.4 is 5.32 Å². The lowest BCUT2D eigenvalue weighted by Crippen LogP contribution is -2.18. The maximum atomic E-state index is 5.23. The number of hydrogen-bond donors (Lipinski definition) is 1. The summed E-state index contributed by atoms with van der Waals surface area (Å²) < 4.78 is 10.4. The van der Waals surface area contributed by atoms with Crippen molar-refractivity contribution in [2.45, 2.75) is 32.9 Å². The van der Waals surface area contributed by atoms with E-state index in [1.165, 1.54) is 0 Å². The van der Waals surface area contributed by atoms with E-state index in [2.05, 4.69) is 39.7 Å². The van der Waals surface area contributed by atoms with Gasteiger partial charge in [0.25, 0.3) is 0 Å². The van der Waals surface area contributed by atoms with E-state index in [9.17, 15) is 0 Å². The Labute approximate surface area is 126 Å². The third-order valence-electron chi connectivity index (χ3n) is 3.08. The van der Waals surface area contributed by atoms with Crippen molar-refractivity contribution < 1.29 is 8.94 Å². The zero-order chi connectivity index (χ0) is 14.7. The molecule has 0 radical (unpaired) electrons. The predicted octanol–water partition coefficient (Wildman–Crippen LogP) is 3.20. The fourth-order valence-electron chi connectivity index (χ4n) is 1.86. The van der Waals surface area contributed by atoms with E-state index < -0.39 is 0 Å². The van der Waals surface area contributed by atoms with E-state index in [1.54, 1.807) is 29.7 Å². The molecular formula is C14H16N4O2S. The molecule has 0 bridgehead atoms. The molecule has 0 saturated heterocycles. The van der Waals surface area contributed by atoms with Crippen molar-refractivity contribution >= 4 is 11.3 Å². The topological polar surface area (TPSA) is 77.0 Å². The van der Waals surface area contributed by atoms with Gasteiger partial charge in [0.05, 0.1) is 23.5 Å². The number of rotatable bonds is 6. The molecule has 0 amide bonds. The van der Waals surface area contributed by atoms with Gasteiger partial charge in [-0.15, -0.1) is 11.3 Å². The van der Waals surface area contributed by atoms with Crippen LogP contribution in [0.15, 0.2) is 32.7 Å². The Hall–Kier alpha value is -1.99. The van der Waals surface area contributed by atoms with Crippen LogP contribution in [0.3, 0.4) is 0 Å². The van der Waals surface area contributed by atoms with Gasteiger partial charge in [-0.05, 0) is 25.5 Å². The first-order valence-electron chi connectivity index (χ1n) is 6.80. The van der Waals surface area contributed by atoms with Gasteiger partial charge < -0.3 is 14.3 Å². The number of hydrogen-bond acceptors (Lipinski definition) is 7. The Morgan fingerprint density at radius 1 is 1.38 bits per heavy atom. The summed E-state index contributed by atoms with van der Waals surface area (Å²) in [5.74, 6) is 1.59. The Bertz CT molecular complexity index is 689. The van der Waals surface area contributed by atoms with Gasteiger partial charge in [0.2, 0.25) is 11.7 Å². The quantitative estimate of drug-likeness (QED) is 0.753. The number of nitrogens with one attached hydrogen (secondary N) is 1. The van der Waals surface area contributed by atoms with Crippen LogP contribution in [0.5, 0.6) is 0 Å². The molecule has 3 aromatic rings. The maximum Gasteiger partial charge on any atom is 0.241 e. The molecule has 0 fully saturated rings. The van der Waals surface area contributed by atoms with Crippen molar-refractivity contribution in [2.24, 2.45) is 0 Å². The first-order valence-corrected chi connectivity index (χ1v) is 7.68. The lowest BCUT2D eigenvalue weighted by molar-refractivity contribution is 0.359. The molecule has 0 aliphatic carbocycles. The number of thiazole rings is 1. The molecule has 3 aromatic heterocycles. The second-order valence-corrected chi connectivity index (χ2v) is 5.55. The molecule has 0 spiro atoms. The average Bonchev–Trinajstić information content (AvgIpc) is 3.24. The summed E-state index contributed by atoms with van der Waals surface area (Å²) in [4.78, 5) is 8.85. The minimum atomic E-state index is 0.139. The van der Waals surface area contributed by atoms with Gasteiger partial charge in [-0.2, -0.15) is 4.98 Å². The zero-order valence-electron chi connectivity index (χ0n) is 11.9. The molecule has 3 heterocycles. The zero-order valence-corrected chi connectivity index (χ0v) is 12.7. The van der Waals surface area contributed by atoms with Crippen molar-refractivity contribution in [2.75, 3.05) is 0 Å². The second kappa shape index (κ2) is 6.19.